The van der Waals surface area contributed by atoms with E-state index in [9.17, 15) is 0 Å². The fourth-order valence-corrected chi connectivity index (χ4v) is 2.42. The Morgan fingerprint density at radius 2 is 2.21 bits per heavy atom. The summed E-state index contributed by atoms with van der Waals surface area (Å²) in [7, 11) is 1.67. The molecule has 4 nitrogen and oxygen atoms in total. The highest BCUT2D eigenvalue weighted by atomic mass is 79.9. The first-order valence-corrected chi connectivity index (χ1v) is 7.07. The molecule has 19 heavy (non-hydrogen) atoms. The van der Waals surface area contributed by atoms with Crippen molar-refractivity contribution in [1.82, 2.24) is 15.1 Å². The molecule has 5 heteroatoms. The first-order chi connectivity index (χ1) is 9.22. The van der Waals surface area contributed by atoms with Gasteiger partial charge in [0.05, 0.1) is 23.8 Å². The molecule has 1 aromatic heterocycles. The van der Waals surface area contributed by atoms with Crippen molar-refractivity contribution in [2.75, 3.05) is 13.7 Å². The third-order valence-corrected chi connectivity index (χ3v) is 3.43. The van der Waals surface area contributed by atoms with Crippen molar-refractivity contribution >= 4 is 15.9 Å². The number of hydrogen-bond acceptors (Lipinski definition) is 3. The van der Waals surface area contributed by atoms with Gasteiger partial charge < -0.3 is 10.1 Å². The second-order valence-corrected chi connectivity index (χ2v) is 5.11. The highest BCUT2D eigenvalue weighted by molar-refractivity contribution is 9.10. The van der Waals surface area contributed by atoms with Crippen molar-refractivity contribution in [3.63, 3.8) is 0 Å². The number of nitrogens with zero attached hydrogens (tertiary/aromatic N) is 2. The number of halogens is 1. The number of rotatable bonds is 6. The van der Waals surface area contributed by atoms with Gasteiger partial charge >= 0.3 is 0 Å². The van der Waals surface area contributed by atoms with Gasteiger partial charge in [-0.2, -0.15) is 5.10 Å². The SMILES string of the molecule is CCNCc1ccn(Cc2ccc(OC)c(Br)c2)n1. The Labute approximate surface area is 121 Å². The molecule has 102 valence electrons. The lowest BCUT2D eigenvalue weighted by molar-refractivity contribution is 0.412. The van der Waals surface area contributed by atoms with Gasteiger partial charge in [0.1, 0.15) is 5.75 Å². The van der Waals surface area contributed by atoms with Crippen LogP contribution in [-0.2, 0) is 13.1 Å². The number of ether oxygens (including phenoxy) is 1. The molecule has 0 aliphatic heterocycles. The van der Waals surface area contributed by atoms with Gasteiger partial charge in [0.25, 0.3) is 0 Å². The first kappa shape index (κ1) is 14.1. The quantitative estimate of drug-likeness (QED) is 0.888. The number of benzene rings is 1. The summed E-state index contributed by atoms with van der Waals surface area (Å²) < 4.78 is 8.13. The second kappa shape index (κ2) is 6.73. The Morgan fingerprint density at radius 3 is 2.89 bits per heavy atom. The van der Waals surface area contributed by atoms with Crippen LogP contribution in [0.15, 0.2) is 34.9 Å². The molecule has 0 aliphatic carbocycles. The van der Waals surface area contributed by atoms with Crippen molar-refractivity contribution in [2.45, 2.75) is 20.0 Å². The van der Waals surface area contributed by atoms with E-state index in [-0.39, 0.29) is 0 Å². The summed E-state index contributed by atoms with van der Waals surface area (Å²) in [5.41, 5.74) is 2.25. The van der Waals surface area contributed by atoms with Crippen molar-refractivity contribution in [1.29, 1.82) is 0 Å². The topological polar surface area (TPSA) is 39.1 Å². The van der Waals surface area contributed by atoms with E-state index >= 15 is 0 Å². The lowest BCUT2D eigenvalue weighted by atomic mass is 10.2. The lowest BCUT2D eigenvalue weighted by Crippen LogP contribution is -2.12. The van der Waals surface area contributed by atoms with Crippen molar-refractivity contribution < 1.29 is 4.74 Å². The summed E-state index contributed by atoms with van der Waals surface area (Å²) in [6, 6.07) is 8.11. The van der Waals surface area contributed by atoms with Crippen LogP contribution in [0.2, 0.25) is 0 Å². The molecular weight excluding hydrogens is 306 g/mol. The van der Waals surface area contributed by atoms with Gasteiger partial charge in [0.2, 0.25) is 0 Å². The summed E-state index contributed by atoms with van der Waals surface area (Å²) in [6.45, 7) is 4.62. The zero-order valence-electron chi connectivity index (χ0n) is 11.2. The zero-order valence-corrected chi connectivity index (χ0v) is 12.8. The molecule has 0 unspecified atom stereocenters. The molecule has 1 aromatic carbocycles. The van der Waals surface area contributed by atoms with Gasteiger partial charge in [-0.15, -0.1) is 0 Å². The molecule has 0 amide bonds. The van der Waals surface area contributed by atoms with Gasteiger partial charge in [-0.3, -0.25) is 4.68 Å². The molecule has 0 saturated carbocycles. The average Bonchev–Trinajstić information content (AvgIpc) is 2.84. The molecule has 2 aromatic rings. The molecule has 2 rings (SSSR count). The zero-order chi connectivity index (χ0) is 13.7. The summed E-state index contributed by atoms with van der Waals surface area (Å²) in [5, 5.41) is 7.79. The molecule has 0 aliphatic rings. The third-order valence-electron chi connectivity index (χ3n) is 2.81. The van der Waals surface area contributed by atoms with Gasteiger partial charge in [-0.1, -0.05) is 13.0 Å². The molecule has 0 spiro atoms. The van der Waals surface area contributed by atoms with E-state index in [1.54, 1.807) is 7.11 Å². The van der Waals surface area contributed by atoms with Crippen LogP contribution in [0.25, 0.3) is 0 Å². The van der Waals surface area contributed by atoms with E-state index in [1.165, 1.54) is 5.56 Å². The van der Waals surface area contributed by atoms with Crippen LogP contribution in [0.3, 0.4) is 0 Å². The molecule has 0 bridgehead atoms. The minimum absolute atomic E-state index is 0.759. The van der Waals surface area contributed by atoms with Crippen LogP contribution >= 0.6 is 15.9 Å². The van der Waals surface area contributed by atoms with E-state index in [2.05, 4.69) is 45.4 Å². The van der Waals surface area contributed by atoms with Crippen LogP contribution in [0.4, 0.5) is 0 Å². The van der Waals surface area contributed by atoms with Crippen LogP contribution < -0.4 is 10.1 Å². The predicted octanol–water partition coefficient (Wildman–Crippen LogP) is 2.81. The molecule has 0 atom stereocenters. The molecule has 1 heterocycles. The fraction of sp³-hybridized carbons (Fsp3) is 0.357. The number of aromatic nitrogens is 2. The van der Waals surface area contributed by atoms with Crippen molar-refractivity contribution in [3.05, 3.63) is 46.2 Å². The van der Waals surface area contributed by atoms with Crippen LogP contribution in [0, 0.1) is 0 Å². The Morgan fingerprint density at radius 1 is 1.37 bits per heavy atom. The molecule has 0 saturated heterocycles. The van der Waals surface area contributed by atoms with Gasteiger partial charge in [-0.25, -0.2) is 0 Å². The monoisotopic (exact) mass is 323 g/mol. The van der Waals surface area contributed by atoms with Gasteiger partial charge in [0, 0.05) is 12.7 Å². The van der Waals surface area contributed by atoms with Crippen molar-refractivity contribution in [3.8, 4) is 5.75 Å². The van der Waals surface area contributed by atoms with E-state index in [0.29, 0.717) is 0 Å². The minimum Gasteiger partial charge on any atom is -0.496 e. The third kappa shape index (κ3) is 3.81. The fourth-order valence-electron chi connectivity index (χ4n) is 1.83. The number of hydrogen-bond donors (Lipinski definition) is 1. The first-order valence-electron chi connectivity index (χ1n) is 6.28. The average molecular weight is 324 g/mol. The minimum atomic E-state index is 0.759. The summed E-state index contributed by atoms with van der Waals surface area (Å²) in [6.07, 6.45) is 2.00. The van der Waals surface area contributed by atoms with Crippen molar-refractivity contribution in [2.24, 2.45) is 0 Å². The Bertz CT molecular complexity index is 539. The maximum absolute atomic E-state index is 5.22. The normalized spacial score (nSPS) is 10.7. The maximum atomic E-state index is 5.22. The Balaban J connectivity index is 2.04. The molecule has 0 radical (unpaired) electrons. The van der Waals surface area contributed by atoms with Gasteiger partial charge in [-0.05, 0) is 46.2 Å². The largest absolute Gasteiger partial charge is 0.496 e. The van der Waals surface area contributed by atoms with E-state index in [1.807, 2.05) is 23.0 Å². The van der Waals surface area contributed by atoms with E-state index in [4.69, 9.17) is 4.74 Å². The molecule has 1 N–H and O–H groups in total. The van der Waals surface area contributed by atoms with E-state index in [0.717, 1.165) is 35.6 Å². The number of nitrogens with one attached hydrogen (secondary N) is 1. The Kier molecular flexibility index (Phi) is 4.99. The maximum Gasteiger partial charge on any atom is 0.133 e. The smallest absolute Gasteiger partial charge is 0.133 e. The highest BCUT2D eigenvalue weighted by Crippen LogP contribution is 2.25. The second-order valence-electron chi connectivity index (χ2n) is 4.25. The number of methoxy groups -OCH3 is 1. The molecular formula is C14H18BrN3O. The summed E-state index contributed by atoms with van der Waals surface area (Å²) >= 11 is 3.50. The highest BCUT2D eigenvalue weighted by Gasteiger charge is 2.03. The summed E-state index contributed by atoms with van der Waals surface area (Å²) in [4.78, 5) is 0. The summed E-state index contributed by atoms with van der Waals surface area (Å²) in [5.74, 6) is 0.844. The standard InChI is InChI=1S/C14H18BrN3O/c1-3-16-9-12-6-7-18(17-12)10-11-4-5-14(19-2)13(15)8-11/h4-8,16H,3,9-10H2,1-2H3. The predicted molar refractivity (Wildman–Crippen MR) is 79.4 cm³/mol. The lowest BCUT2D eigenvalue weighted by Gasteiger charge is -2.06. The van der Waals surface area contributed by atoms with Crippen LogP contribution in [-0.4, -0.2) is 23.4 Å². The molecule has 0 fully saturated rings. The van der Waals surface area contributed by atoms with Crippen LogP contribution in [0.1, 0.15) is 18.2 Å². The Hall–Kier alpha value is -1.33. The van der Waals surface area contributed by atoms with E-state index < -0.39 is 0 Å². The van der Waals surface area contributed by atoms with Gasteiger partial charge in [0.15, 0.2) is 0 Å². The van der Waals surface area contributed by atoms with Crippen LogP contribution in [0.5, 0.6) is 5.75 Å².